The number of fused-ring (bicyclic) bond motifs is 1. The van der Waals surface area contributed by atoms with Crippen LogP contribution in [0.3, 0.4) is 0 Å². The van der Waals surface area contributed by atoms with Gasteiger partial charge in [-0.3, -0.25) is 14.9 Å². The molecule has 3 aromatic rings. The molecule has 0 saturated carbocycles. The third kappa shape index (κ3) is 4.32. The average Bonchev–Trinajstić information content (AvgIpc) is 2.72. The molecule has 1 amide bonds. The summed E-state index contributed by atoms with van der Waals surface area (Å²) in [6, 6.07) is 15.3. The summed E-state index contributed by atoms with van der Waals surface area (Å²) in [6.07, 6.45) is 0. The number of esters is 1. The Morgan fingerprint density at radius 3 is 2.55 bits per heavy atom. The second-order valence-corrected chi connectivity index (χ2v) is 6.25. The molecular weight excluding hydrogens is 376 g/mol. The van der Waals surface area contributed by atoms with Gasteiger partial charge in [0, 0.05) is 17.8 Å². The molecule has 8 nitrogen and oxygen atoms in total. The number of nitrogens with zero attached hydrogens (tertiary/aromatic N) is 1. The summed E-state index contributed by atoms with van der Waals surface area (Å²) < 4.78 is 10.1. The fourth-order valence-electron chi connectivity index (χ4n) is 2.91. The van der Waals surface area contributed by atoms with Crippen LogP contribution in [0.2, 0.25) is 0 Å². The lowest BCUT2D eigenvalue weighted by atomic mass is 10.1. The number of rotatable bonds is 6. The summed E-state index contributed by atoms with van der Waals surface area (Å²) in [5.74, 6) is -1.17. The van der Waals surface area contributed by atoms with E-state index in [2.05, 4.69) is 5.32 Å². The zero-order valence-corrected chi connectivity index (χ0v) is 15.8. The molecule has 0 aliphatic heterocycles. The van der Waals surface area contributed by atoms with Crippen LogP contribution in [0.15, 0.2) is 54.6 Å². The predicted molar refractivity (Wildman–Crippen MR) is 107 cm³/mol. The van der Waals surface area contributed by atoms with Crippen LogP contribution in [0.1, 0.15) is 15.9 Å². The molecule has 3 aromatic carbocycles. The normalized spacial score (nSPS) is 10.4. The Morgan fingerprint density at radius 2 is 1.83 bits per heavy atom. The van der Waals surface area contributed by atoms with Gasteiger partial charge in [0.25, 0.3) is 5.91 Å². The predicted octanol–water partition coefficient (Wildman–Crippen LogP) is 3.86. The van der Waals surface area contributed by atoms with Gasteiger partial charge >= 0.3 is 11.7 Å². The highest BCUT2D eigenvalue weighted by Crippen LogP contribution is 2.32. The second-order valence-electron chi connectivity index (χ2n) is 6.25. The number of methoxy groups -OCH3 is 1. The maximum absolute atomic E-state index is 12.4. The number of hydrogen-bond donors (Lipinski definition) is 1. The molecule has 0 aliphatic carbocycles. The number of nitro benzene ring substituents is 1. The number of carbonyl (C=O) groups excluding carboxylic acids is 2. The van der Waals surface area contributed by atoms with Crippen molar-refractivity contribution < 1.29 is 24.0 Å². The number of ether oxygens (including phenoxy) is 2. The molecule has 3 rings (SSSR count). The molecule has 0 spiro atoms. The smallest absolute Gasteiger partial charge is 0.339 e. The van der Waals surface area contributed by atoms with Gasteiger partial charge in [-0.2, -0.15) is 0 Å². The van der Waals surface area contributed by atoms with E-state index < -0.39 is 23.4 Å². The summed E-state index contributed by atoms with van der Waals surface area (Å²) in [7, 11) is 1.30. The van der Waals surface area contributed by atoms with Crippen LogP contribution in [0.25, 0.3) is 10.8 Å². The van der Waals surface area contributed by atoms with Crippen LogP contribution in [-0.4, -0.2) is 30.5 Å². The Balaban J connectivity index is 1.70. The van der Waals surface area contributed by atoms with Crippen molar-refractivity contribution in [2.24, 2.45) is 0 Å². The van der Waals surface area contributed by atoms with E-state index in [1.807, 2.05) is 24.3 Å². The number of anilines is 1. The number of hydrogen-bond acceptors (Lipinski definition) is 6. The van der Waals surface area contributed by atoms with Gasteiger partial charge in [-0.25, -0.2) is 4.79 Å². The van der Waals surface area contributed by atoms with Crippen molar-refractivity contribution in [3.63, 3.8) is 0 Å². The van der Waals surface area contributed by atoms with E-state index in [0.717, 1.165) is 10.8 Å². The van der Waals surface area contributed by atoms with Gasteiger partial charge in [-0.05, 0) is 29.3 Å². The van der Waals surface area contributed by atoms with Crippen molar-refractivity contribution >= 4 is 34.0 Å². The fourth-order valence-corrected chi connectivity index (χ4v) is 2.91. The number of nitro groups is 1. The Bertz CT molecular complexity index is 1100. The van der Waals surface area contributed by atoms with E-state index in [9.17, 15) is 19.7 Å². The molecule has 0 heterocycles. The van der Waals surface area contributed by atoms with E-state index >= 15 is 0 Å². The van der Waals surface area contributed by atoms with E-state index in [1.165, 1.54) is 19.2 Å². The quantitative estimate of drug-likeness (QED) is 0.386. The number of nitrogens with one attached hydrogen (secondary N) is 1. The SMILES string of the molecule is COc1cc(NC(=O)COC(=O)c2cccc3ccccc23)c(C)cc1[N+](=O)[O-]. The van der Waals surface area contributed by atoms with Gasteiger partial charge in [-0.1, -0.05) is 36.4 Å². The molecule has 1 N–H and O–H groups in total. The standard InChI is InChI=1S/C21H18N2O6/c1-13-10-18(23(26)27)19(28-2)11-17(13)22-20(24)12-29-21(25)16-9-5-7-14-6-3-4-8-15(14)16/h3-11H,12H2,1-2H3,(H,22,24). The molecule has 29 heavy (non-hydrogen) atoms. The first-order valence-corrected chi connectivity index (χ1v) is 8.68. The van der Waals surface area contributed by atoms with Crippen molar-refractivity contribution in [2.75, 3.05) is 19.0 Å². The Hall–Kier alpha value is -3.94. The third-order valence-corrected chi connectivity index (χ3v) is 4.34. The van der Waals surface area contributed by atoms with Crippen LogP contribution in [0.5, 0.6) is 5.75 Å². The van der Waals surface area contributed by atoms with Gasteiger partial charge in [0.2, 0.25) is 0 Å². The van der Waals surface area contributed by atoms with Gasteiger partial charge in [0.15, 0.2) is 12.4 Å². The topological polar surface area (TPSA) is 108 Å². The van der Waals surface area contributed by atoms with Crippen LogP contribution in [0.4, 0.5) is 11.4 Å². The zero-order chi connectivity index (χ0) is 21.0. The number of benzene rings is 3. The molecule has 0 unspecified atom stereocenters. The van der Waals surface area contributed by atoms with Crippen molar-refractivity contribution in [3.05, 3.63) is 75.8 Å². The van der Waals surface area contributed by atoms with E-state index in [-0.39, 0.29) is 11.4 Å². The van der Waals surface area contributed by atoms with Crippen LogP contribution < -0.4 is 10.1 Å². The van der Waals surface area contributed by atoms with Crippen LogP contribution in [0, 0.1) is 17.0 Å². The fraction of sp³-hybridized carbons (Fsp3) is 0.143. The molecular formula is C21H18N2O6. The first-order valence-electron chi connectivity index (χ1n) is 8.68. The Kier molecular flexibility index (Phi) is 5.73. The number of amides is 1. The minimum absolute atomic E-state index is 0.0173. The van der Waals surface area contributed by atoms with Gasteiger partial charge in [0.1, 0.15) is 0 Å². The van der Waals surface area contributed by atoms with Crippen molar-refractivity contribution in [2.45, 2.75) is 6.92 Å². The first kappa shape index (κ1) is 19.8. The molecule has 0 bridgehead atoms. The van der Waals surface area contributed by atoms with Gasteiger partial charge in [-0.15, -0.1) is 0 Å². The Labute approximate surface area is 166 Å². The third-order valence-electron chi connectivity index (χ3n) is 4.34. The van der Waals surface area contributed by atoms with Gasteiger partial charge < -0.3 is 14.8 Å². The molecule has 0 fully saturated rings. The highest BCUT2D eigenvalue weighted by Gasteiger charge is 2.19. The summed E-state index contributed by atoms with van der Waals surface area (Å²) in [4.78, 5) is 35.1. The molecule has 0 radical (unpaired) electrons. The molecule has 0 aromatic heterocycles. The largest absolute Gasteiger partial charge is 0.490 e. The highest BCUT2D eigenvalue weighted by atomic mass is 16.6. The lowest BCUT2D eigenvalue weighted by Crippen LogP contribution is -2.21. The van der Waals surface area contributed by atoms with Crippen molar-refractivity contribution in [3.8, 4) is 5.75 Å². The summed E-state index contributed by atoms with van der Waals surface area (Å²) >= 11 is 0. The van der Waals surface area contributed by atoms with E-state index in [1.54, 1.807) is 25.1 Å². The highest BCUT2D eigenvalue weighted by molar-refractivity contribution is 6.05. The Morgan fingerprint density at radius 1 is 1.10 bits per heavy atom. The maximum atomic E-state index is 12.4. The molecule has 148 valence electrons. The second kappa shape index (κ2) is 8.39. The average molecular weight is 394 g/mol. The number of carbonyl (C=O) groups is 2. The van der Waals surface area contributed by atoms with Crippen LogP contribution >= 0.6 is 0 Å². The van der Waals surface area contributed by atoms with E-state index in [4.69, 9.17) is 9.47 Å². The summed E-state index contributed by atoms with van der Waals surface area (Å²) in [6.45, 7) is 1.12. The molecule has 0 aliphatic rings. The lowest BCUT2D eigenvalue weighted by Gasteiger charge is -2.11. The first-order chi connectivity index (χ1) is 13.9. The minimum Gasteiger partial charge on any atom is -0.490 e. The zero-order valence-electron chi connectivity index (χ0n) is 15.8. The van der Waals surface area contributed by atoms with Crippen molar-refractivity contribution in [1.82, 2.24) is 0 Å². The molecule has 0 saturated heterocycles. The summed E-state index contributed by atoms with van der Waals surface area (Å²) in [5, 5.41) is 15.3. The number of aryl methyl sites for hydroxylation is 1. The van der Waals surface area contributed by atoms with Gasteiger partial charge in [0.05, 0.1) is 17.6 Å². The van der Waals surface area contributed by atoms with Crippen LogP contribution in [-0.2, 0) is 9.53 Å². The molecule has 0 atom stereocenters. The summed E-state index contributed by atoms with van der Waals surface area (Å²) in [5.41, 5.74) is 0.972. The minimum atomic E-state index is -0.616. The maximum Gasteiger partial charge on any atom is 0.339 e. The van der Waals surface area contributed by atoms with Crippen molar-refractivity contribution in [1.29, 1.82) is 0 Å². The lowest BCUT2D eigenvalue weighted by molar-refractivity contribution is -0.385. The van der Waals surface area contributed by atoms with E-state index in [0.29, 0.717) is 16.8 Å². The monoisotopic (exact) mass is 394 g/mol. The molecule has 8 heteroatoms.